The van der Waals surface area contributed by atoms with E-state index in [0.717, 1.165) is 31.7 Å². The highest BCUT2D eigenvalue weighted by Gasteiger charge is 2.32. The highest BCUT2D eigenvalue weighted by molar-refractivity contribution is 4.86. The minimum absolute atomic E-state index is 0.154. The Bertz CT molecular complexity index is 220. The van der Waals surface area contributed by atoms with Crippen LogP contribution in [0.1, 0.15) is 39.5 Å². The van der Waals surface area contributed by atoms with E-state index < -0.39 is 0 Å². The third-order valence-corrected chi connectivity index (χ3v) is 4.25. The van der Waals surface area contributed by atoms with Crippen LogP contribution in [0, 0.1) is 5.92 Å². The first kappa shape index (κ1) is 12.3. The van der Waals surface area contributed by atoms with Crippen molar-refractivity contribution in [3.05, 3.63) is 0 Å². The molecule has 0 aromatic rings. The quantitative estimate of drug-likeness (QED) is 0.777. The number of nitrogens with two attached hydrogens (primary N) is 1. The lowest BCUT2D eigenvalue weighted by Crippen LogP contribution is -2.54. The highest BCUT2D eigenvalue weighted by Crippen LogP contribution is 2.29. The zero-order valence-electron chi connectivity index (χ0n) is 10.7. The normalized spacial score (nSPS) is 39.6. The van der Waals surface area contributed by atoms with Crippen molar-refractivity contribution >= 4 is 0 Å². The first-order valence-corrected chi connectivity index (χ1v) is 6.79. The molecule has 0 aromatic carbocycles. The van der Waals surface area contributed by atoms with E-state index in [9.17, 15) is 0 Å². The molecule has 1 aliphatic heterocycles. The molecule has 3 heteroatoms. The van der Waals surface area contributed by atoms with E-state index in [1.807, 2.05) is 0 Å². The number of hydrogen-bond acceptors (Lipinski definition) is 3. The molecular weight excluding hydrogens is 200 g/mol. The molecule has 2 aliphatic rings. The Labute approximate surface area is 99.3 Å². The molecule has 0 amide bonds. The summed E-state index contributed by atoms with van der Waals surface area (Å²) in [7, 11) is 0. The van der Waals surface area contributed by atoms with Crippen LogP contribution in [0.3, 0.4) is 0 Å². The Morgan fingerprint density at radius 3 is 2.75 bits per heavy atom. The predicted octanol–water partition coefficient (Wildman–Crippen LogP) is 1.61. The zero-order chi connectivity index (χ0) is 11.5. The van der Waals surface area contributed by atoms with E-state index in [2.05, 4.69) is 18.7 Å². The lowest BCUT2D eigenvalue weighted by molar-refractivity contribution is -0.0635. The van der Waals surface area contributed by atoms with Crippen LogP contribution in [-0.4, -0.2) is 42.8 Å². The molecule has 1 saturated carbocycles. The lowest BCUT2D eigenvalue weighted by Gasteiger charge is -2.43. The molecule has 94 valence electrons. The van der Waals surface area contributed by atoms with Crippen molar-refractivity contribution in [2.75, 3.05) is 19.7 Å². The first-order valence-electron chi connectivity index (χ1n) is 6.79. The van der Waals surface area contributed by atoms with Gasteiger partial charge < -0.3 is 10.5 Å². The molecule has 2 fully saturated rings. The Morgan fingerprint density at radius 1 is 1.31 bits per heavy atom. The van der Waals surface area contributed by atoms with Crippen LogP contribution in [0.4, 0.5) is 0 Å². The Hall–Kier alpha value is -0.120. The average molecular weight is 226 g/mol. The van der Waals surface area contributed by atoms with E-state index in [-0.39, 0.29) is 12.1 Å². The predicted molar refractivity (Wildman–Crippen MR) is 66.4 cm³/mol. The maximum atomic E-state index is 5.94. The van der Waals surface area contributed by atoms with Crippen LogP contribution in [0.25, 0.3) is 0 Å². The SMILES string of the molecule is CC(N)C1CN(C2CCCCC2C)CCO1. The molecule has 0 aromatic heterocycles. The van der Waals surface area contributed by atoms with Crippen molar-refractivity contribution in [3.63, 3.8) is 0 Å². The topological polar surface area (TPSA) is 38.5 Å². The monoisotopic (exact) mass is 226 g/mol. The molecule has 0 radical (unpaired) electrons. The number of nitrogens with zero attached hydrogens (tertiary/aromatic N) is 1. The third-order valence-electron chi connectivity index (χ3n) is 4.25. The molecule has 3 nitrogen and oxygen atoms in total. The Morgan fingerprint density at radius 2 is 2.06 bits per heavy atom. The number of ether oxygens (including phenoxy) is 1. The molecular formula is C13H26N2O. The summed E-state index contributed by atoms with van der Waals surface area (Å²) >= 11 is 0. The van der Waals surface area contributed by atoms with Gasteiger partial charge in [-0.3, -0.25) is 4.90 Å². The molecule has 2 N–H and O–H groups in total. The number of hydrogen-bond donors (Lipinski definition) is 1. The largest absolute Gasteiger partial charge is 0.374 e. The summed E-state index contributed by atoms with van der Waals surface area (Å²) in [6, 6.07) is 0.931. The van der Waals surface area contributed by atoms with E-state index >= 15 is 0 Å². The van der Waals surface area contributed by atoms with Crippen LogP contribution >= 0.6 is 0 Å². The second kappa shape index (κ2) is 5.48. The summed E-state index contributed by atoms with van der Waals surface area (Å²) in [5.74, 6) is 0.848. The van der Waals surface area contributed by atoms with Crippen LogP contribution in [0.5, 0.6) is 0 Å². The summed E-state index contributed by atoms with van der Waals surface area (Å²) in [6.07, 6.45) is 5.81. The van der Waals surface area contributed by atoms with Gasteiger partial charge >= 0.3 is 0 Å². The van der Waals surface area contributed by atoms with Crippen molar-refractivity contribution in [3.8, 4) is 0 Å². The lowest BCUT2D eigenvalue weighted by atomic mass is 9.84. The molecule has 4 unspecified atom stereocenters. The van der Waals surface area contributed by atoms with Gasteiger partial charge in [0.2, 0.25) is 0 Å². The average Bonchev–Trinajstić information content (AvgIpc) is 2.30. The summed E-state index contributed by atoms with van der Waals surface area (Å²) < 4.78 is 5.73. The van der Waals surface area contributed by atoms with E-state index in [1.165, 1.54) is 25.7 Å². The van der Waals surface area contributed by atoms with Crippen molar-refractivity contribution in [1.29, 1.82) is 0 Å². The minimum Gasteiger partial charge on any atom is -0.374 e. The second-order valence-electron chi connectivity index (χ2n) is 5.59. The van der Waals surface area contributed by atoms with Gasteiger partial charge in [0, 0.05) is 25.2 Å². The fraction of sp³-hybridized carbons (Fsp3) is 1.00. The minimum atomic E-state index is 0.154. The fourth-order valence-corrected chi connectivity index (χ4v) is 3.15. The van der Waals surface area contributed by atoms with Crippen LogP contribution < -0.4 is 5.73 Å². The fourth-order valence-electron chi connectivity index (χ4n) is 3.15. The van der Waals surface area contributed by atoms with Crippen LogP contribution in [-0.2, 0) is 4.74 Å². The Kier molecular flexibility index (Phi) is 4.22. The first-order chi connectivity index (χ1) is 7.68. The molecule has 2 rings (SSSR count). The van der Waals surface area contributed by atoms with E-state index in [1.54, 1.807) is 0 Å². The summed E-state index contributed by atoms with van der Waals surface area (Å²) in [5.41, 5.74) is 5.94. The van der Waals surface area contributed by atoms with Gasteiger partial charge in [-0.05, 0) is 25.7 Å². The van der Waals surface area contributed by atoms with Gasteiger partial charge in [-0.15, -0.1) is 0 Å². The number of morpholine rings is 1. The van der Waals surface area contributed by atoms with Gasteiger partial charge in [0.15, 0.2) is 0 Å². The van der Waals surface area contributed by atoms with Gasteiger partial charge in [0.25, 0.3) is 0 Å². The van der Waals surface area contributed by atoms with Crippen LogP contribution in [0.15, 0.2) is 0 Å². The van der Waals surface area contributed by atoms with Crippen molar-refractivity contribution in [2.45, 2.75) is 57.7 Å². The van der Waals surface area contributed by atoms with Gasteiger partial charge in [0.1, 0.15) is 0 Å². The molecule has 1 heterocycles. The van der Waals surface area contributed by atoms with Crippen molar-refractivity contribution in [1.82, 2.24) is 4.90 Å². The maximum absolute atomic E-state index is 5.94. The van der Waals surface area contributed by atoms with Crippen molar-refractivity contribution < 1.29 is 4.74 Å². The summed E-state index contributed by atoms with van der Waals surface area (Å²) in [4.78, 5) is 2.63. The zero-order valence-corrected chi connectivity index (χ0v) is 10.7. The number of rotatable bonds is 2. The Balaban J connectivity index is 1.92. The molecule has 1 aliphatic carbocycles. The highest BCUT2D eigenvalue weighted by atomic mass is 16.5. The molecule has 4 atom stereocenters. The summed E-state index contributed by atoms with van der Waals surface area (Å²) in [5, 5.41) is 0. The summed E-state index contributed by atoms with van der Waals surface area (Å²) in [6.45, 7) is 7.44. The maximum Gasteiger partial charge on any atom is 0.0850 e. The van der Waals surface area contributed by atoms with Gasteiger partial charge in [-0.25, -0.2) is 0 Å². The smallest absolute Gasteiger partial charge is 0.0850 e. The van der Waals surface area contributed by atoms with Gasteiger partial charge in [0.05, 0.1) is 12.7 Å². The van der Waals surface area contributed by atoms with Crippen molar-refractivity contribution in [2.24, 2.45) is 11.7 Å². The molecule has 0 bridgehead atoms. The van der Waals surface area contributed by atoms with E-state index in [0.29, 0.717) is 0 Å². The molecule has 1 saturated heterocycles. The molecule has 16 heavy (non-hydrogen) atoms. The van der Waals surface area contributed by atoms with Gasteiger partial charge in [-0.2, -0.15) is 0 Å². The standard InChI is InChI=1S/C13H26N2O/c1-10-5-3-4-6-12(10)15-7-8-16-13(9-15)11(2)14/h10-13H,3-9,14H2,1-2H3. The van der Waals surface area contributed by atoms with Crippen LogP contribution in [0.2, 0.25) is 0 Å². The second-order valence-corrected chi connectivity index (χ2v) is 5.59. The molecule has 0 spiro atoms. The van der Waals surface area contributed by atoms with E-state index in [4.69, 9.17) is 10.5 Å². The third kappa shape index (κ3) is 2.76. The van der Waals surface area contributed by atoms with Gasteiger partial charge in [-0.1, -0.05) is 19.8 Å².